The zero-order chi connectivity index (χ0) is 19.2. The van der Waals surface area contributed by atoms with E-state index in [9.17, 15) is 9.18 Å². The fourth-order valence-corrected chi connectivity index (χ4v) is 2.43. The van der Waals surface area contributed by atoms with Crippen LogP contribution in [0.2, 0.25) is 0 Å². The number of amides is 1. The molecule has 2 N–H and O–H groups in total. The number of anilines is 3. The topological polar surface area (TPSA) is 72.5 Å². The fourth-order valence-electron chi connectivity index (χ4n) is 2.43. The maximum Gasteiger partial charge on any atom is 0.274 e. The van der Waals surface area contributed by atoms with Crippen molar-refractivity contribution < 1.29 is 18.7 Å². The molecule has 0 atom stereocenters. The lowest BCUT2D eigenvalue weighted by atomic mass is 10.2. The average molecular weight is 367 g/mol. The van der Waals surface area contributed by atoms with Crippen molar-refractivity contribution >= 4 is 23.0 Å². The Hall–Kier alpha value is -3.61. The number of para-hydroxylation sites is 1. The molecule has 3 aromatic rings. The van der Waals surface area contributed by atoms with Crippen LogP contribution >= 0.6 is 0 Å². The molecular formula is C20H18FN3O3. The van der Waals surface area contributed by atoms with Crippen LogP contribution in [-0.4, -0.2) is 25.1 Å². The normalized spacial score (nSPS) is 10.2. The SMILES string of the molecule is COc1ccc(Nc2ccc(C(=O)Nc3ccccc3F)nc2)cc1OC. The molecule has 7 heteroatoms. The van der Waals surface area contributed by atoms with Crippen molar-refractivity contribution in [3.05, 3.63) is 72.3 Å². The summed E-state index contributed by atoms with van der Waals surface area (Å²) in [7, 11) is 3.13. The number of nitrogens with zero attached hydrogens (tertiary/aromatic N) is 1. The maximum atomic E-state index is 13.6. The molecule has 0 aliphatic carbocycles. The molecule has 0 aliphatic rings. The second kappa shape index (κ2) is 8.18. The van der Waals surface area contributed by atoms with Crippen LogP contribution < -0.4 is 20.1 Å². The lowest BCUT2D eigenvalue weighted by Gasteiger charge is -2.11. The molecule has 138 valence electrons. The van der Waals surface area contributed by atoms with Gasteiger partial charge in [0.05, 0.1) is 31.8 Å². The van der Waals surface area contributed by atoms with Crippen molar-refractivity contribution in [2.45, 2.75) is 0 Å². The number of benzene rings is 2. The van der Waals surface area contributed by atoms with Crippen LogP contribution in [0.25, 0.3) is 0 Å². The van der Waals surface area contributed by atoms with Crippen LogP contribution in [0.3, 0.4) is 0 Å². The molecule has 0 unspecified atom stereocenters. The summed E-state index contributed by atoms with van der Waals surface area (Å²) in [5.41, 5.74) is 1.75. The number of carbonyl (C=O) groups excluding carboxylic acids is 1. The molecule has 0 aliphatic heterocycles. The quantitative estimate of drug-likeness (QED) is 0.682. The van der Waals surface area contributed by atoms with Gasteiger partial charge < -0.3 is 20.1 Å². The van der Waals surface area contributed by atoms with Crippen LogP contribution in [0.5, 0.6) is 11.5 Å². The minimum atomic E-state index is -0.502. The van der Waals surface area contributed by atoms with E-state index in [1.54, 1.807) is 50.6 Å². The molecule has 1 heterocycles. The van der Waals surface area contributed by atoms with Crippen molar-refractivity contribution in [3.8, 4) is 11.5 Å². The summed E-state index contributed by atoms with van der Waals surface area (Å²) in [5, 5.41) is 5.66. The molecule has 2 aromatic carbocycles. The number of hydrogen-bond acceptors (Lipinski definition) is 5. The Balaban J connectivity index is 1.70. The van der Waals surface area contributed by atoms with Gasteiger partial charge in [-0.25, -0.2) is 9.37 Å². The lowest BCUT2D eigenvalue weighted by molar-refractivity contribution is 0.102. The maximum absolute atomic E-state index is 13.6. The van der Waals surface area contributed by atoms with Gasteiger partial charge >= 0.3 is 0 Å². The number of aromatic nitrogens is 1. The minimum absolute atomic E-state index is 0.108. The molecule has 1 amide bonds. The van der Waals surface area contributed by atoms with Crippen molar-refractivity contribution in [2.75, 3.05) is 24.9 Å². The zero-order valence-electron chi connectivity index (χ0n) is 14.8. The molecule has 1 aromatic heterocycles. The number of methoxy groups -OCH3 is 2. The molecule has 0 saturated carbocycles. The third-order valence-electron chi connectivity index (χ3n) is 3.79. The van der Waals surface area contributed by atoms with Gasteiger partial charge in [-0.2, -0.15) is 0 Å². The van der Waals surface area contributed by atoms with Crippen LogP contribution in [0, 0.1) is 5.82 Å². The third-order valence-corrected chi connectivity index (χ3v) is 3.79. The van der Waals surface area contributed by atoms with E-state index in [2.05, 4.69) is 15.6 Å². The van der Waals surface area contributed by atoms with Gasteiger partial charge in [0.25, 0.3) is 5.91 Å². The Kier molecular flexibility index (Phi) is 5.51. The van der Waals surface area contributed by atoms with E-state index in [1.807, 2.05) is 6.07 Å². The van der Waals surface area contributed by atoms with E-state index >= 15 is 0 Å². The number of ether oxygens (including phenoxy) is 2. The van der Waals surface area contributed by atoms with Gasteiger partial charge in [-0.05, 0) is 36.4 Å². The molecule has 0 saturated heterocycles. The largest absolute Gasteiger partial charge is 0.493 e. The summed E-state index contributed by atoms with van der Waals surface area (Å²) in [6.45, 7) is 0. The highest BCUT2D eigenvalue weighted by Crippen LogP contribution is 2.31. The fraction of sp³-hybridized carbons (Fsp3) is 0.100. The molecule has 0 bridgehead atoms. The van der Waals surface area contributed by atoms with E-state index in [0.717, 1.165) is 5.69 Å². The van der Waals surface area contributed by atoms with Crippen LogP contribution in [0.4, 0.5) is 21.5 Å². The molecule has 0 fully saturated rings. The van der Waals surface area contributed by atoms with E-state index < -0.39 is 11.7 Å². The van der Waals surface area contributed by atoms with Crippen LogP contribution in [0.15, 0.2) is 60.8 Å². The van der Waals surface area contributed by atoms with Gasteiger partial charge in [-0.3, -0.25) is 4.79 Å². The number of halogens is 1. The third kappa shape index (κ3) is 4.33. The summed E-state index contributed by atoms with van der Waals surface area (Å²) in [5.74, 6) is 0.230. The average Bonchev–Trinajstić information content (AvgIpc) is 2.70. The highest BCUT2D eigenvalue weighted by Gasteiger charge is 2.10. The molecule has 0 spiro atoms. The van der Waals surface area contributed by atoms with E-state index in [1.165, 1.54) is 18.3 Å². The first-order chi connectivity index (χ1) is 13.1. The standard InChI is InChI=1S/C20H18FN3O3/c1-26-18-10-8-13(11-19(18)27-2)23-14-7-9-17(22-12-14)20(25)24-16-6-4-3-5-15(16)21/h3-12,23H,1-2H3,(H,24,25). The molecule has 27 heavy (non-hydrogen) atoms. The van der Waals surface area contributed by atoms with Crippen molar-refractivity contribution in [1.82, 2.24) is 4.98 Å². The Bertz CT molecular complexity index is 945. The van der Waals surface area contributed by atoms with Crippen molar-refractivity contribution in [3.63, 3.8) is 0 Å². The van der Waals surface area contributed by atoms with Gasteiger partial charge in [0.1, 0.15) is 11.5 Å². The summed E-state index contributed by atoms with van der Waals surface area (Å²) in [4.78, 5) is 16.3. The number of rotatable bonds is 6. The smallest absolute Gasteiger partial charge is 0.274 e. The predicted molar refractivity (Wildman–Crippen MR) is 101 cm³/mol. The predicted octanol–water partition coefficient (Wildman–Crippen LogP) is 4.23. The first kappa shape index (κ1) is 18.2. The summed E-state index contributed by atoms with van der Waals surface area (Å²) in [6, 6.07) is 14.6. The Morgan fingerprint density at radius 1 is 0.963 bits per heavy atom. The number of hydrogen-bond donors (Lipinski definition) is 2. The highest BCUT2D eigenvalue weighted by molar-refractivity contribution is 6.03. The number of nitrogens with one attached hydrogen (secondary N) is 2. The highest BCUT2D eigenvalue weighted by atomic mass is 19.1. The second-order valence-corrected chi connectivity index (χ2v) is 5.56. The molecule has 3 rings (SSSR count). The Morgan fingerprint density at radius 2 is 1.70 bits per heavy atom. The van der Waals surface area contributed by atoms with Gasteiger partial charge in [0.15, 0.2) is 11.5 Å². The van der Waals surface area contributed by atoms with Gasteiger partial charge in [-0.1, -0.05) is 12.1 Å². The molecule has 0 radical (unpaired) electrons. The Labute approximate surface area is 156 Å². The van der Waals surface area contributed by atoms with Gasteiger partial charge in [0.2, 0.25) is 0 Å². The van der Waals surface area contributed by atoms with Crippen LogP contribution in [-0.2, 0) is 0 Å². The lowest BCUT2D eigenvalue weighted by Crippen LogP contribution is -2.14. The van der Waals surface area contributed by atoms with Crippen molar-refractivity contribution in [2.24, 2.45) is 0 Å². The minimum Gasteiger partial charge on any atom is -0.493 e. The first-order valence-corrected chi connectivity index (χ1v) is 8.11. The molecular weight excluding hydrogens is 349 g/mol. The molecule has 6 nitrogen and oxygen atoms in total. The van der Waals surface area contributed by atoms with E-state index in [4.69, 9.17) is 9.47 Å². The van der Waals surface area contributed by atoms with Gasteiger partial charge in [-0.15, -0.1) is 0 Å². The summed E-state index contributed by atoms with van der Waals surface area (Å²) >= 11 is 0. The number of pyridine rings is 1. The van der Waals surface area contributed by atoms with Crippen LogP contribution in [0.1, 0.15) is 10.5 Å². The second-order valence-electron chi connectivity index (χ2n) is 5.56. The Morgan fingerprint density at radius 3 is 2.37 bits per heavy atom. The number of carbonyl (C=O) groups is 1. The van der Waals surface area contributed by atoms with Crippen molar-refractivity contribution in [1.29, 1.82) is 0 Å². The summed E-state index contributed by atoms with van der Waals surface area (Å²) < 4.78 is 24.1. The summed E-state index contributed by atoms with van der Waals surface area (Å²) in [6.07, 6.45) is 1.52. The van der Waals surface area contributed by atoms with Gasteiger partial charge in [0, 0.05) is 11.8 Å². The first-order valence-electron chi connectivity index (χ1n) is 8.11. The van der Waals surface area contributed by atoms with E-state index in [0.29, 0.717) is 17.2 Å². The monoisotopic (exact) mass is 367 g/mol. The van der Waals surface area contributed by atoms with E-state index in [-0.39, 0.29) is 11.4 Å². The zero-order valence-corrected chi connectivity index (χ0v) is 14.8.